The summed E-state index contributed by atoms with van der Waals surface area (Å²) in [5, 5.41) is 0.852. The average molecular weight is 301 g/mol. The van der Waals surface area contributed by atoms with E-state index in [9.17, 15) is 19.2 Å². The molecule has 0 N–H and O–H groups in total. The van der Waals surface area contributed by atoms with Gasteiger partial charge < -0.3 is 14.4 Å². The Hall–Kier alpha value is -1.92. The molecule has 0 saturated carbocycles. The van der Waals surface area contributed by atoms with Crippen LogP contribution in [0.5, 0.6) is 0 Å². The summed E-state index contributed by atoms with van der Waals surface area (Å²) < 4.78 is 4.78. The van der Waals surface area contributed by atoms with Crippen LogP contribution in [0.15, 0.2) is 0 Å². The van der Waals surface area contributed by atoms with Gasteiger partial charge in [-0.1, -0.05) is 6.42 Å². The van der Waals surface area contributed by atoms with E-state index in [0.717, 1.165) is 5.06 Å². The molecular weight excluding hydrogens is 278 g/mol. The molecule has 0 aliphatic rings. The highest BCUT2D eigenvalue weighted by atomic mass is 16.7. The van der Waals surface area contributed by atoms with Gasteiger partial charge in [0.25, 0.3) is 5.91 Å². The first kappa shape index (κ1) is 19.1. The Balaban J connectivity index is 3.68. The minimum Gasteiger partial charge on any atom is -0.466 e. The molecule has 1 amide bonds. The van der Waals surface area contributed by atoms with Crippen LogP contribution in [-0.4, -0.2) is 42.8 Å². The highest BCUT2D eigenvalue weighted by Crippen LogP contribution is 2.06. The summed E-state index contributed by atoms with van der Waals surface area (Å²) in [4.78, 5) is 48.9. The number of rotatable bonds is 10. The Labute approximate surface area is 124 Å². The van der Waals surface area contributed by atoms with Crippen LogP contribution in [-0.2, 0) is 28.8 Å². The summed E-state index contributed by atoms with van der Waals surface area (Å²) in [7, 11) is 1.34. The SMILES string of the molecule is CCOC(=O)CCCCCC(=O)ON(C)C(=O)CCC=O. The molecule has 7 heteroatoms. The quantitative estimate of drug-likeness (QED) is 0.262. The lowest BCUT2D eigenvalue weighted by molar-refractivity contribution is -0.192. The van der Waals surface area contributed by atoms with Crippen LogP contribution >= 0.6 is 0 Å². The molecule has 120 valence electrons. The molecule has 0 aliphatic heterocycles. The summed E-state index contributed by atoms with van der Waals surface area (Å²) in [6.07, 6.45) is 3.21. The number of hydrogen-bond donors (Lipinski definition) is 0. The van der Waals surface area contributed by atoms with Crippen molar-refractivity contribution in [2.24, 2.45) is 0 Å². The predicted octanol–water partition coefficient (Wildman–Crippen LogP) is 1.40. The van der Waals surface area contributed by atoms with Gasteiger partial charge in [-0.2, -0.15) is 5.06 Å². The maximum Gasteiger partial charge on any atom is 0.332 e. The predicted molar refractivity (Wildman–Crippen MR) is 73.9 cm³/mol. The average Bonchev–Trinajstić information content (AvgIpc) is 2.44. The highest BCUT2D eigenvalue weighted by Gasteiger charge is 2.13. The summed E-state index contributed by atoms with van der Waals surface area (Å²) >= 11 is 0. The smallest absolute Gasteiger partial charge is 0.332 e. The summed E-state index contributed by atoms with van der Waals surface area (Å²) in [6, 6.07) is 0. The topological polar surface area (TPSA) is 90.0 Å². The van der Waals surface area contributed by atoms with Crippen molar-refractivity contribution in [2.45, 2.75) is 51.9 Å². The van der Waals surface area contributed by atoms with Crippen LogP contribution in [0.4, 0.5) is 0 Å². The molecular formula is C14H23NO6. The molecule has 0 rings (SSSR count). The van der Waals surface area contributed by atoms with Gasteiger partial charge >= 0.3 is 11.9 Å². The van der Waals surface area contributed by atoms with Crippen molar-refractivity contribution in [2.75, 3.05) is 13.7 Å². The van der Waals surface area contributed by atoms with Gasteiger partial charge in [-0.05, 0) is 19.8 Å². The van der Waals surface area contributed by atoms with E-state index >= 15 is 0 Å². The zero-order chi connectivity index (χ0) is 16.1. The Kier molecular flexibility index (Phi) is 10.8. The number of carbonyl (C=O) groups excluding carboxylic acids is 4. The number of esters is 1. The second-order valence-corrected chi connectivity index (χ2v) is 4.43. The van der Waals surface area contributed by atoms with Crippen LogP contribution in [0.25, 0.3) is 0 Å². The number of aldehydes is 1. The number of carbonyl (C=O) groups is 4. The fourth-order valence-electron chi connectivity index (χ4n) is 1.54. The molecule has 21 heavy (non-hydrogen) atoms. The van der Waals surface area contributed by atoms with Crippen molar-refractivity contribution in [3.63, 3.8) is 0 Å². The molecule has 0 aromatic carbocycles. The van der Waals surface area contributed by atoms with Gasteiger partial charge in [0, 0.05) is 32.7 Å². The monoisotopic (exact) mass is 301 g/mol. The van der Waals surface area contributed by atoms with Crippen LogP contribution in [0.2, 0.25) is 0 Å². The molecule has 0 unspecified atom stereocenters. The zero-order valence-electron chi connectivity index (χ0n) is 12.6. The first-order valence-electron chi connectivity index (χ1n) is 7.07. The van der Waals surface area contributed by atoms with Crippen molar-refractivity contribution in [3.05, 3.63) is 0 Å². The Bertz CT molecular complexity index is 355. The van der Waals surface area contributed by atoms with Crippen molar-refractivity contribution >= 4 is 24.1 Å². The van der Waals surface area contributed by atoms with E-state index in [1.54, 1.807) is 6.92 Å². The number of hydrogen-bond acceptors (Lipinski definition) is 6. The van der Waals surface area contributed by atoms with Crippen LogP contribution in [0.1, 0.15) is 51.9 Å². The van der Waals surface area contributed by atoms with Gasteiger partial charge in [0.1, 0.15) is 6.29 Å². The van der Waals surface area contributed by atoms with Gasteiger partial charge in [-0.3, -0.25) is 9.59 Å². The second kappa shape index (κ2) is 11.9. The molecule has 0 bridgehead atoms. The summed E-state index contributed by atoms with van der Waals surface area (Å²) in [6.45, 7) is 2.12. The van der Waals surface area contributed by atoms with E-state index in [1.807, 2.05) is 0 Å². The van der Waals surface area contributed by atoms with Gasteiger partial charge in [0.2, 0.25) is 0 Å². The fourth-order valence-corrected chi connectivity index (χ4v) is 1.54. The molecule has 0 saturated heterocycles. The van der Waals surface area contributed by atoms with E-state index in [1.165, 1.54) is 7.05 Å². The number of unbranched alkanes of at least 4 members (excludes halogenated alkanes) is 2. The number of hydroxylamine groups is 2. The van der Waals surface area contributed by atoms with Gasteiger partial charge in [0.15, 0.2) is 0 Å². The van der Waals surface area contributed by atoms with Crippen LogP contribution in [0.3, 0.4) is 0 Å². The Morgan fingerprint density at radius 2 is 1.62 bits per heavy atom. The standard InChI is InChI=1S/C14H23NO6/c1-3-20-13(18)9-5-4-6-10-14(19)21-15(2)12(17)8-7-11-16/h11H,3-10H2,1-2H3. The third-order valence-electron chi connectivity index (χ3n) is 2.63. The normalized spacial score (nSPS) is 9.81. The maximum atomic E-state index is 11.5. The molecule has 0 heterocycles. The van der Waals surface area contributed by atoms with Gasteiger partial charge in [0.05, 0.1) is 6.61 Å². The highest BCUT2D eigenvalue weighted by molar-refractivity contribution is 5.79. The van der Waals surface area contributed by atoms with E-state index < -0.39 is 11.9 Å². The molecule has 0 aliphatic carbocycles. The number of nitrogens with zero attached hydrogens (tertiary/aromatic N) is 1. The lowest BCUT2D eigenvalue weighted by atomic mass is 10.1. The van der Waals surface area contributed by atoms with Crippen molar-refractivity contribution in [1.82, 2.24) is 5.06 Å². The van der Waals surface area contributed by atoms with Gasteiger partial charge in [-0.25, -0.2) is 4.79 Å². The van der Waals surface area contributed by atoms with Crippen molar-refractivity contribution < 1.29 is 28.8 Å². The largest absolute Gasteiger partial charge is 0.466 e. The van der Waals surface area contributed by atoms with Gasteiger partial charge in [-0.15, -0.1) is 0 Å². The first-order valence-corrected chi connectivity index (χ1v) is 7.07. The fraction of sp³-hybridized carbons (Fsp3) is 0.714. The van der Waals surface area contributed by atoms with E-state index in [0.29, 0.717) is 38.6 Å². The molecule has 0 aromatic rings. The first-order chi connectivity index (χ1) is 10.0. The number of amides is 1. The third kappa shape index (κ3) is 10.5. The second-order valence-electron chi connectivity index (χ2n) is 4.43. The van der Waals surface area contributed by atoms with Crippen LogP contribution < -0.4 is 0 Å². The maximum absolute atomic E-state index is 11.5. The van der Waals surface area contributed by atoms with E-state index in [4.69, 9.17) is 9.57 Å². The molecule has 0 atom stereocenters. The lowest BCUT2D eigenvalue weighted by Gasteiger charge is -2.15. The molecule has 7 nitrogen and oxygen atoms in total. The molecule has 0 aromatic heterocycles. The Morgan fingerprint density at radius 3 is 2.19 bits per heavy atom. The molecule has 0 fully saturated rings. The Morgan fingerprint density at radius 1 is 1.00 bits per heavy atom. The van der Waals surface area contributed by atoms with Crippen molar-refractivity contribution in [1.29, 1.82) is 0 Å². The van der Waals surface area contributed by atoms with Crippen molar-refractivity contribution in [3.8, 4) is 0 Å². The minimum absolute atomic E-state index is 0.0207. The third-order valence-corrected chi connectivity index (χ3v) is 2.63. The minimum atomic E-state index is -0.506. The van der Waals surface area contributed by atoms with E-state index in [2.05, 4.69) is 0 Å². The summed E-state index contributed by atoms with van der Waals surface area (Å²) in [5.74, 6) is -1.16. The zero-order valence-corrected chi connectivity index (χ0v) is 12.6. The number of ether oxygens (including phenoxy) is 1. The summed E-state index contributed by atoms with van der Waals surface area (Å²) in [5.41, 5.74) is 0. The lowest BCUT2D eigenvalue weighted by Crippen LogP contribution is -2.29. The van der Waals surface area contributed by atoms with E-state index in [-0.39, 0.29) is 25.2 Å². The molecule has 0 spiro atoms. The van der Waals surface area contributed by atoms with Crippen LogP contribution in [0, 0.1) is 0 Å². The molecule has 0 radical (unpaired) electrons.